The second-order valence-corrected chi connectivity index (χ2v) is 5.18. The number of anilines is 2. The minimum Gasteiger partial charge on any atom is -0.381 e. The molecule has 0 aliphatic carbocycles. The van der Waals surface area contributed by atoms with Crippen molar-refractivity contribution in [2.75, 3.05) is 10.6 Å². The van der Waals surface area contributed by atoms with Crippen LogP contribution in [-0.2, 0) is 6.42 Å². The van der Waals surface area contributed by atoms with Crippen molar-refractivity contribution in [1.29, 1.82) is 0 Å². The summed E-state index contributed by atoms with van der Waals surface area (Å²) in [6.45, 7) is 6.05. The summed E-state index contributed by atoms with van der Waals surface area (Å²) in [5.74, 6) is 0. The van der Waals surface area contributed by atoms with Crippen LogP contribution in [0.15, 0.2) is 18.2 Å². The molecule has 1 aliphatic rings. The zero-order valence-corrected chi connectivity index (χ0v) is 11.2. The third-order valence-electron chi connectivity index (χ3n) is 3.06. The van der Waals surface area contributed by atoms with Gasteiger partial charge in [-0.3, -0.25) is 0 Å². The van der Waals surface area contributed by atoms with Crippen LogP contribution >= 0.6 is 0 Å². The summed E-state index contributed by atoms with van der Waals surface area (Å²) in [7, 11) is 0. The van der Waals surface area contributed by atoms with Crippen molar-refractivity contribution in [3.05, 3.63) is 23.8 Å². The van der Waals surface area contributed by atoms with Crippen molar-refractivity contribution in [1.82, 2.24) is 5.32 Å². The second-order valence-electron chi connectivity index (χ2n) is 5.18. The van der Waals surface area contributed by atoms with E-state index in [4.69, 9.17) is 0 Å². The monoisotopic (exact) mass is 247 g/mol. The predicted molar refractivity (Wildman–Crippen MR) is 75.1 cm³/mol. The van der Waals surface area contributed by atoms with Gasteiger partial charge in [0.2, 0.25) is 0 Å². The molecule has 2 rings (SSSR count). The van der Waals surface area contributed by atoms with Crippen LogP contribution in [0.5, 0.6) is 0 Å². The molecule has 18 heavy (non-hydrogen) atoms. The highest BCUT2D eigenvalue weighted by Gasteiger charge is 2.17. The number of nitrogens with one attached hydrogen (secondary N) is 3. The molecule has 1 heterocycles. The molecule has 0 spiro atoms. The van der Waals surface area contributed by atoms with E-state index in [0.29, 0.717) is 6.04 Å². The van der Waals surface area contributed by atoms with E-state index < -0.39 is 0 Å². The van der Waals surface area contributed by atoms with Crippen molar-refractivity contribution in [2.45, 2.75) is 45.7 Å². The molecule has 1 unspecified atom stereocenters. The first-order valence-electron chi connectivity index (χ1n) is 6.52. The van der Waals surface area contributed by atoms with Crippen LogP contribution in [0.3, 0.4) is 0 Å². The lowest BCUT2D eigenvalue weighted by atomic mass is 9.98. The van der Waals surface area contributed by atoms with Crippen LogP contribution in [-0.4, -0.2) is 18.1 Å². The van der Waals surface area contributed by atoms with E-state index in [1.165, 1.54) is 5.56 Å². The summed E-state index contributed by atoms with van der Waals surface area (Å²) in [6.07, 6.45) is 2.19. The fourth-order valence-electron chi connectivity index (χ4n) is 2.19. The Balaban J connectivity index is 2.16. The molecule has 0 bridgehead atoms. The molecule has 4 nitrogen and oxygen atoms in total. The Morgan fingerprint density at radius 2 is 2.22 bits per heavy atom. The van der Waals surface area contributed by atoms with Crippen LogP contribution < -0.4 is 16.0 Å². The normalized spacial score (nSPS) is 17.9. The lowest BCUT2D eigenvalue weighted by Crippen LogP contribution is -2.34. The molecule has 98 valence electrons. The maximum atomic E-state index is 11.7. The van der Waals surface area contributed by atoms with E-state index in [-0.39, 0.29) is 12.1 Å². The van der Waals surface area contributed by atoms with Gasteiger partial charge in [0, 0.05) is 12.1 Å². The lowest BCUT2D eigenvalue weighted by Gasteiger charge is -2.26. The summed E-state index contributed by atoms with van der Waals surface area (Å²) in [4.78, 5) is 11.7. The van der Waals surface area contributed by atoms with Gasteiger partial charge in [-0.05, 0) is 45.2 Å². The molecule has 0 fully saturated rings. The first-order valence-corrected chi connectivity index (χ1v) is 6.52. The van der Waals surface area contributed by atoms with Gasteiger partial charge >= 0.3 is 6.03 Å². The highest BCUT2D eigenvalue weighted by Crippen LogP contribution is 2.31. The number of benzene rings is 1. The Morgan fingerprint density at radius 3 is 2.94 bits per heavy atom. The molecule has 1 aromatic carbocycles. The minimum atomic E-state index is -0.154. The van der Waals surface area contributed by atoms with Gasteiger partial charge in [0.1, 0.15) is 0 Å². The standard InChI is InChI=1S/C14H21N3O/c1-9(2)15-14(18)17-12-6-4-5-11-8-7-10(3)16-13(11)12/h4-6,9-10,16H,7-8H2,1-3H3,(H2,15,17,18). The smallest absolute Gasteiger partial charge is 0.319 e. The molecule has 0 radical (unpaired) electrons. The lowest BCUT2D eigenvalue weighted by molar-refractivity contribution is 0.250. The quantitative estimate of drug-likeness (QED) is 0.752. The number of amides is 2. The van der Waals surface area contributed by atoms with Gasteiger partial charge in [0.15, 0.2) is 0 Å². The maximum absolute atomic E-state index is 11.7. The molecular formula is C14H21N3O. The van der Waals surface area contributed by atoms with Gasteiger partial charge < -0.3 is 16.0 Å². The fourth-order valence-corrected chi connectivity index (χ4v) is 2.19. The Hall–Kier alpha value is -1.71. The number of hydrogen-bond donors (Lipinski definition) is 3. The second kappa shape index (κ2) is 5.29. The number of rotatable bonds is 2. The van der Waals surface area contributed by atoms with E-state index in [0.717, 1.165) is 24.2 Å². The Kier molecular flexibility index (Phi) is 3.75. The van der Waals surface area contributed by atoms with E-state index in [2.05, 4.69) is 28.9 Å². The molecule has 1 atom stereocenters. The molecule has 4 heteroatoms. The molecule has 0 saturated heterocycles. The van der Waals surface area contributed by atoms with Crippen molar-refractivity contribution in [3.8, 4) is 0 Å². The van der Waals surface area contributed by atoms with E-state index >= 15 is 0 Å². The van der Waals surface area contributed by atoms with Crippen molar-refractivity contribution < 1.29 is 4.79 Å². The van der Waals surface area contributed by atoms with Gasteiger partial charge in [-0.1, -0.05) is 12.1 Å². The number of aryl methyl sites for hydroxylation is 1. The Labute approximate surface area is 108 Å². The fraction of sp³-hybridized carbons (Fsp3) is 0.500. The number of para-hydroxylation sites is 1. The summed E-state index contributed by atoms with van der Waals surface area (Å²) >= 11 is 0. The molecule has 0 aromatic heterocycles. The van der Waals surface area contributed by atoms with Gasteiger partial charge in [-0.2, -0.15) is 0 Å². The number of carbonyl (C=O) groups excluding carboxylic acids is 1. The van der Waals surface area contributed by atoms with Crippen LogP contribution in [0.2, 0.25) is 0 Å². The zero-order valence-electron chi connectivity index (χ0n) is 11.2. The van der Waals surface area contributed by atoms with Crippen molar-refractivity contribution in [2.24, 2.45) is 0 Å². The van der Waals surface area contributed by atoms with Crippen molar-refractivity contribution in [3.63, 3.8) is 0 Å². The van der Waals surface area contributed by atoms with Gasteiger partial charge in [-0.15, -0.1) is 0 Å². The van der Waals surface area contributed by atoms with Gasteiger partial charge in [0.25, 0.3) is 0 Å². The van der Waals surface area contributed by atoms with Gasteiger partial charge in [-0.25, -0.2) is 4.79 Å². The Morgan fingerprint density at radius 1 is 1.44 bits per heavy atom. The zero-order chi connectivity index (χ0) is 13.1. The molecule has 3 N–H and O–H groups in total. The molecule has 1 aliphatic heterocycles. The van der Waals surface area contributed by atoms with Crippen LogP contribution in [0.25, 0.3) is 0 Å². The topological polar surface area (TPSA) is 53.2 Å². The molecule has 2 amide bonds. The Bertz CT molecular complexity index is 443. The molecule has 1 aromatic rings. The summed E-state index contributed by atoms with van der Waals surface area (Å²) < 4.78 is 0. The van der Waals surface area contributed by atoms with Gasteiger partial charge in [0.05, 0.1) is 11.4 Å². The number of urea groups is 1. The summed E-state index contributed by atoms with van der Waals surface area (Å²) in [6, 6.07) is 6.47. The highest BCUT2D eigenvalue weighted by atomic mass is 16.2. The van der Waals surface area contributed by atoms with E-state index in [1.807, 2.05) is 26.0 Å². The summed E-state index contributed by atoms with van der Waals surface area (Å²) in [5.41, 5.74) is 3.20. The first-order chi connectivity index (χ1) is 8.56. The first kappa shape index (κ1) is 12.7. The predicted octanol–water partition coefficient (Wildman–Crippen LogP) is 2.96. The number of carbonyl (C=O) groups is 1. The highest BCUT2D eigenvalue weighted by molar-refractivity contribution is 5.94. The third-order valence-corrected chi connectivity index (χ3v) is 3.06. The molecular weight excluding hydrogens is 226 g/mol. The number of hydrogen-bond acceptors (Lipinski definition) is 2. The SMILES string of the molecule is CC(C)NC(=O)Nc1cccc2c1NC(C)CC2. The van der Waals surface area contributed by atoms with Crippen LogP contribution in [0.4, 0.5) is 16.2 Å². The van der Waals surface area contributed by atoms with E-state index in [1.54, 1.807) is 0 Å². The maximum Gasteiger partial charge on any atom is 0.319 e. The third kappa shape index (κ3) is 2.94. The van der Waals surface area contributed by atoms with Crippen LogP contribution in [0.1, 0.15) is 32.8 Å². The summed E-state index contributed by atoms with van der Waals surface area (Å²) in [5, 5.41) is 9.19. The average Bonchev–Trinajstić information content (AvgIpc) is 2.28. The largest absolute Gasteiger partial charge is 0.381 e. The van der Waals surface area contributed by atoms with Crippen LogP contribution in [0, 0.1) is 0 Å². The van der Waals surface area contributed by atoms with E-state index in [9.17, 15) is 4.79 Å². The van der Waals surface area contributed by atoms with Crippen molar-refractivity contribution >= 4 is 17.4 Å². The molecule has 0 saturated carbocycles. The minimum absolute atomic E-state index is 0.136. The average molecular weight is 247 g/mol. The number of fused-ring (bicyclic) bond motifs is 1.